The maximum Gasteiger partial charge on any atom is 0.272 e. The average Bonchev–Trinajstić information content (AvgIpc) is 2.76. The summed E-state index contributed by atoms with van der Waals surface area (Å²) in [5.74, 6) is -0.127. The summed E-state index contributed by atoms with van der Waals surface area (Å²) in [6.07, 6.45) is 4.40. The SMILES string of the molecule is CN1CC=C(c2cccc(C(=O)N3CCC(Oc4ccccc4F)CC3)n2)CC1. The van der Waals surface area contributed by atoms with Gasteiger partial charge >= 0.3 is 0 Å². The van der Waals surface area contributed by atoms with E-state index < -0.39 is 0 Å². The van der Waals surface area contributed by atoms with Gasteiger partial charge in [-0.15, -0.1) is 0 Å². The number of hydrogen-bond donors (Lipinski definition) is 0. The van der Waals surface area contributed by atoms with Crippen molar-refractivity contribution < 1.29 is 13.9 Å². The van der Waals surface area contributed by atoms with Gasteiger partial charge in [0.1, 0.15) is 11.8 Å². The molecule has 2 aliphatic heterocycles. The van der Waals surface area contributed by atoms with E-state index in [-0.39, 0.29) is 23.6 Å². The second-order valence-electron chi connectivity index (χ2n) is 7.69. The van der Waals surface area contributed by atoms with E-state index in [0.717, 1.165) is 25.2 Å². The molecule has 2 aromatic rings. The molecule has 1 aromatic heterocycles. The number of para-hydroxylation sites is 1. The number of hydrogen-bond acceptors (Lipinski definition) is 4. The average molecular weight is 395 g/mol. The third kappa shape index (κ3) is 4.65. The molecule has 152 valence electrons. The Hall–Kier alpha value is -2.73. The van der Waals surface area contributed by atoms with Gasteiger partial charge in [-0.05, 0) is 43.3 Å². The predicted octanol–water partition coefficient (Wildman–Crippen LogP) is 3.62. The number of rotatable bonds is 4. The number of carbonyl (C=O) groups excluding carboxylic acids is 1. The maximum atomic E-state index is 13.8. The summed E-state index contributed by atoms with van der Waals surface area (Å²) in [5.41, 5.74) is 2.58. The Morgan fingerprint density at radius 1 is 1.10 bits per heavy atom. The maximum absolute atomic E-state index is 13.8. The van der Waals surface area contributed by atoms with Gasteiger partial charge in [-0.1, -0.05) is 24.3 Å². The Morgan fingerprint density at radius 2 is 1.90 bits per heavy atom. The van der Waals surface area contributed by atoms with E-state index in [4.69, 9.17) is 4.74 Å². The number of amides is 1. The van der Waals surface area contributed by atoms with Crippen molar-refractivity contribution in [2.75, 3.05) is 33.2 Å². The molecule has 0 bridgehead atoms. The molecule has 0 radical (unpaired) electrons. The molecule has 2 aliphatic rings. The third-order valence-corrected chi connectivity index (χ3v) is 5.57. The molecule has 0 N–H and O–H groups in total. The van der Waals surface area contributed by atoms with Gasteiger partial charge in [-0.25, -0.2) is 9.37 Å². The minimum absolute atomic E-state index is 0.0512. The number of likely N-dealkylation sites (N-methyl/N-ethyl adjacent to an activating group) is 1. The first kappa shape index (κ1) is 19.6. The summed E-state index contributed by atoms with van der Waals surface area (Å²) in [6, 6.07) is 12.1. The van der Waals surface area contributed by atoms with E-state index in [1.807, 2.05) is 17.0 Å². The highest BCUT2D eigenvalue weighted by Gasteiger charge is 2.26. The summed E-state index contributed by atoms with van der Waals surface area (Å²) in [4.78, 5) is 21.6. The van der Waals surface area contributed by atoms with Crippen molar-refractivity contribution in [2.45, 2.75) is 25.4 Å². The smallest absolute Gasteiger partial charge is 0.272 e. The van der Waals surface area contributed by atoms with Gasteiger partial charge in [0.25, 0.3) is 5.91 Å². The zero-order valence-electron chi connectivity index (χ0n) is 16.7. The lowest BCUT2D eigenvalue weighted by Gasteiger charge is -2.32. The molecule has 1 amide bonds. The van der Waals surface area contributed by atoms with E-state index in [1.165, 1.54) is 11.6 Å². The first-order chi connectivity index (χ1) is 14.1. The molecular formula is C23H26FN3O2. The highest BCUT2D eigenvalue weighted by molar-refractivity contribution is 5.92. The van der Waals surface area contributed by atoms with Crippen molar-refractivity contribution in [3.8, 4) is 5.75 Å². The number of likely N-dealkylation sites (tertiary alicyclic amines) is 1. The number of halogens is 1. The van der Waals surface area contributed by atoms with E-state index in [2.05, 4.69) is 23.0 Å². The molecule has 1 fully saturated rings. The second-order valence-corrected chi connectivity index (χ2v) is 7.69. The van der Waals surface area contributed by atoms with E-state index in [9.17, 15) is 9.18 Å². The Balaban J connectivity index is 1.37. The second kappa shape index (κ2) is 8.74. The van der Waals surface area contributed by atoms with Gasteiger partial charge in [-0.2, -0.15) is 0 Å². The molecule has 4 rings (SSSR count). The zero-order valence-corrected chi connectivity index (χ0v) is 16.7. The van der Waals surface area contributed by atoms with Crippen molar-refractivity contribution in [3.05, 3.63) is 65.7 Å². The van der Waals surface area contributed by atoms with Gasteiger partial charge in [-0.3, -0.25) is 4.79 Å². The van der Waals surface area contributed by atoms with Crippen LogP contribution in [-0.2, 0) is 0 Å². The molecular weight excluding hydrogens is 369 g/mol. The summed E-state index contributed by atoms with van der Waals surface area (Å²) < 4.78 is 19.6. The molecule has 5 nitrogen and oxygen atoms in total. The molecule has 3 heterocycles. The van der Waals surface area contributed by atoms with Crippen molar-refractivity contribution in [1.29, 1.82) is 0 Å². The fourth-order valence-electron chi connectivity index (χ4n) is 3.79. The Kier molecular flexibility index (Phi) is 5.90. The van der Waals surface area contributed by atoms with Crippen LogP contribution in [0.1, 0.15) is 35.4 Å². The number of nitrogens with zero attached hydrogens (tertiary/aromatic N) is 3. The van der Waals surface area contributed by atoms with Crippen LogP contribution >= 0.6 is 0 Å². The third-order valence-electron chi connectivity index (χ3n) is 5.57. The van der Waals surface area contributed by atoms with Gasteiger partial charge in [0.15, 0.2) is 11.6 Å². The summed E-state index contributed by atoms with van der Waals surface area (Å²) >= 11 is 0. The van der Waals surface area contributed by atoms with Crippen LogP contribution in [0.4, 0.5) is 4.39 Å². The zero-order chi connectivity index (χ0) is 20.2. The Morgan fingerprint density at radius 3 is 2.62 bits per heavy atom. The van der Waals surface area contributed by atoms with Gasteiger partial charge < -0.3 is 14.5 Å². The highest BCUT2D eigenvalue weighted by atomic mass is 19.1. The molecule has 1 saturated heterocycles. The van der Waals surface area contributed by atoms with Crippen LogP contribution in [0.2, 0.25) is 0 Å². The van der Waals surface area contributed by atoms with Crippen LogP contribution in [-0.4, -0.2) is 60.0 Å². The van der Waals surface area contributed by atoms with Crippen LogP contribution in [0.25, 0.3) is 5.57 Å². The molecule has 29 heavy (non-hydrogen) atoms. The monoisotopic (exact) mass is 395 g/mol. The number of carbonyl (C=O) groups is 1. The number of benzene rings is 1. The first-order valence-electron chi connectivity index (χ1n) is 10.2. The van der Waals surface area contributed by atoms with Crippen molar-refractivity contribution >= 4 is 11.5 Å². The lowest BCUT2D eigenvalue weighted by atomic mass is 10.0. The first-order valence-corrected chi connectivity index (χ1v) is 10.2. The number of aromatic nitrogens is 1. The van der Waals surface area contributed by atoms with E-state index >= 15 is 0 Å². The van der Waals surface area contributed by atoms with Crippen LogP contribution in [0.3, 0.4) is 0 Å². The predicted molar refractivity (Wildman–Crippen MR) is 110 cm³/mol. The number of pyridine rings is 1. The van der Waals surface area contributed by atoms with Crippen LogP contribution in [0, 0.1) is 5.82 Å². The molecule has 0 atom stereocenters. The number of ether oxygens (including phenoxy) is 1. The Bertz CT molecular complexity index is 907. The van der Waals surface area contributed by atoms with Crippen LogP contribution < -0.4 is 4.74 Å². The quantitative estimate of drug-likeness (QED) is 0.793. The largest absolute Gasteiger partial charge is 0.487 e. The molecule has 6 heteroatoms. The minimum atomic E-state index is -0.352. The molecule has 1 aromatic carbocycles. The molecule has 0 spiro atoms. The topological polar surface area (TPSA) is 45.7 Å². The van der Waals surface area contributed by atoms with Gasteiger partial charge in [0.2, 0.25) is 0 Å². The number of piperidine rings is 1. The lowest BCUT2D eigenvalue weighted by molar-refractivity contribution is 0.0583. The molecule has 0 saturated carbocycles. The van der Waals surface area contributed by atoms with Gasteiger partial charge in [0, 0.05) is 39.0 Å². The summed E-state index contributed by atoms with van der Waals surface area (Å²) in [5, 5.41) is 0. The lowest BCUT2D eigenvalue weighted by Crippen LogP contribution is -2.42. The van der Waals surface area contributed by atoms with Crippen molar-refractivity contribution in [1.82, 2.24) is 14.8 Å². The summed E-state index contributed by atoms with van der Waals surface area (Å²) in [6.45, 7) is 3.07. The fraction of sp³-hybridized carbons (Fsp3) is 0.391. The van der Waals surface area contributed by atoms with Crippen LogP contribution in [0.5, 0.6) is 5.75 Å². The van der Waals surface area contributed by atoms with Crippen LogP contribution in [0.15, 0.2) is 48.5 Å². The fourth-order valence-corrected chi connectivity index (χ4v) is 3.79. The van der Waals surface area contributed by atoms with Crippen molar-refractivity contribution in [3.63, 3.8) is 0 Å². The van der Waals surface area contributed by atoms with Crippen molar-refractivity contribution in [2.24, 2.45) is 0 Å². The van der Waals surface area contributed by atoms with Gasteiger partial charge in [0.05, 0.1) is 5.69 Å². The van der Waals surface area contributed by atoms with E-state index in [1.54, 1.807) is 24.3 Å². The molecule has 0 unspecified atom stereocenters. The Labute approximate surface area is 170 Å². The highest BCUT2D eigenvalue weighted by Crippen LogP contribution is 2.23. The normalized spacial score (nSPS) is 18.4. The summed E-state index contributed by atoms with van der Waals surface area (Å²) in [7, 11) is 2.10. The minimum Gasteiger partial charge on any atom is -0.487 e. The molecule has 0 aliphatic carbocycles. The standard InChI is InChI=1S/C23H26FN3O2/c1-26-13-9-17(10-14-26)20-6-4-7-21(25-20)23(28)27-15-11-18(12-16-27)29-22-8-3-2-5-19(22)24/h2-9,18H,10-16H2,1H3. The van der Waals surface area contributed by atoms with E-state index in [0.29, 0.717) is 31.6 Å².